The number of hydrogen-bond donors (Lipinski definition) is 4. The molecule has 60 heavy (non-hydrogen) atoms. The first-order chi connectivity index (χ1) is 28.7. The Morgan fingerprint density at radius 3 is 2.20 bits per heavy atom. The van der Waals surface area contributed by atoms with Crippen molar-refractivity contribution in [2.75, 3.05) is 13.7 Å². The van der Waals surface area contributed by atoms with Crippen molar-refractivity contribution in [1.29, 1.82) is 0 Å². The normalized spacial score (nSPS) is 22.6. The second kappa shape index (κ2) is 19.3. The average Bonchev–Trinajstić information content (AvgIpc) is 3.97. The smallest absolute Gasteiger partial charge is 0.321 e. The number of carbonyl (C=O) groups is 3. The van der Waals surface area contributed by atoms with E-state index < -0.39 is 11.9 Å². The second-order valence-electron chi connectivity index (χ2n) is 18.0. The number of fused-ring (bicyclic) bond motifs is 7. The van der Waals surface area contributed by atoms with Gasteiger partial charge in [0.1, 0.15) is 12.5 Å². The first-order valence-corrected chi connectivity index (χ1v) is 22.7. The van der Waals surface area contributed by atoms with Gasteiger partial charge in [0.25, 0.3) is 0 Å². The maximum Gasteiger partial charge on any atom is 0.321 e. The van der Waals surface area contributed by atoms with E-state index in [1.54, 1.807) is 0 Å². The molecule has 4 N–H and O–H groups in total. The highest BCUT2D eigenvalue weighted by molar-refractivity contribution is 6.24. The second-order valence-corrected chi connectivity index (χ2v) is 18.0. The number of allylic oxidation sites excluding steroid dienone is 3. The fourth-order valence-electron chi connectivity index (χ4n) is 9.84. The number of aromatic amines is 3. The number of esters is 2. The standard InChI is InChI=1S/C51H70N4O5/c1-12-28(4)17-15-18-29(5)19-16-20-30(6)23-24-60-44(56)22-21-37-33(9)40-25-38-31(7)35(13-2)42(52-38)26-39-32(8)36(14-3)43(53-39)27-41-34(10)45-49(55-41)46(48(37)54-40)47(50(45)57)51(58)59-11/h23,25-29,33,37,47,52-55H,12-22,24H2,1-11H3/b30-23-,39-26-,40-25-,43-27-,48-46-/t28-,29-,33+,37+,47-/m1/s1. The SMILES string of the molecule is CCc1c2[nH]c(c1C)/C=C1\N/C(=C3\c4[nH]c(c(C)c4C(=O)[C@@H]3C(=O)OC)/C=c3\[nH]/c(c(C)c3CC)=C\2)[C@@H](CCC(=O)OC/C=C(/C)CCC[C@H](C)CCC[C@H](C)CC)[C@@H]1C. The molecule has 0 aromatic carbocycles. The molecule has 324 valence electrons. The Balaban J connectivity index is 1.31. The van der Waals surface area contributed by atoms with Gasteiger partial charge in [-0.3, -0.25) is 14.4 Å². The van der Waals surface area contributed by atoms with Gasteiger partial charge in [-0.1, -0.05) is 79.2 Å². The van der Waals surface area contributed by atoms with Gasteiger partial charge in [0.2, 0.25) is 0 Å². The number of H-pyrrole nitrogens is 3. The lowest BCUT2D eigenvalue weighted by Gasteiger charge is -2.19. The summed E-state index contributed by atoms with van der Waals surface area (Å²) in [6.07, 6.45) is 19.4. The molecule has 5 heterocycles. The lowest BCUT2D eigenvalue weighted by molar-refractivity contribution is -0.143. The van der Waals surface area contributed by atoms with E-state index in [0.29, 0.717) is 23.3 Å². The zero-order valence-electron chi connectivity index (χ0n) is 38.2. The number of Topliss-reactive ketones (excluding diaryl/α,β-unsaturated/α-hetero) is 1. The van der Waals surface area contributed by atoms with Crippen LogP contribution >= 0.6 is 0 Å². The fraction of sp³-hybridized carbons (Fsp3) is 0.549. The number of ether oxygens (including phenoxy) is 2. The van der Waals surface area contributed by atoms with Crippen LogP contribution in [0.4, 0.5) is 0 Å². The molecule has 8 bridgehead atoms. The van der Waals surface area contributed by atoms with Crippen LogP contribution in [0.3, 0.4) is 0 Å². The van der Waals surface area contributed by atoms with Crippen LogP contribution in [0.5, 0.6) is 0 Å². The van der Waals surface area contributed by atoms with Crippen LogP contribution in [0, 0.1) is 50.4 Å². The van der Waals surface area contributed by atoms with Crippen LogP contribution < -0.4 is 16.0 Å². The predicted molar refractivity (Wildman–Crippen MR) is 243 cm³/mol. The van der Waals surface area contributed by atoms with Crippen molar-refractivity contribution < 1.29 is 23.9 Å². The van der Waals surface area contributed by atoms with Crippen molar-refractivity contribution in [2.45, 2.75) is 140 Å². The van der Waals surface area contributed by atoms with Gasteiger partial charge >= 0.3 is 11.9 Å². The molecule has 0 radical (unpaired) electrons. The van der Waals surface area contributed by atoms with Crippen LogP contribution in [0.25, 0.3) is 23.8 Å². The van der Waals surface area contributed by atoms with E-state index in [9.17, 15) is 14.4 Å². The molecule has 0 unspecified atom stereocenters. The molecule has 1 aliphatic carbocycles. The minimum Gasteiger partial charge on any atom is -0.468 e. The molecule has 0 saturated carbocycles. The van der Waals surface area contributed by atoms with Crippen LogP contribution in [-0.2, 0) is 31.9 Å². The van der Waals surface area contributed by atoms with E-state index in [2.05, 4.69) is 101 Å². The topological polar surface area (TPSA) is 129 Å². The minimum absolute atomic E-state index is 0.0600. The number of rotatable bonds is 17. The first kappa shape index (κ1) is 44.8. The van der Waals surface area contributed by atoms with E-state index in [1.807, 2.05) is 13.0 Å². The van der Waals surface area contributed by atoms with Crippen LogP contribution in [0.2, 0.25) is 0 Å². The maximum absolute atomic E-state index is 14.4. The Bertz CT molecular complexity index is 2330. The van der Waals surface area contributed by atoms with Gasteiger partial charge in [0.15, 0.2) is 5.78 Å². The van der Waals surface area contributed by atoms with E-state index in [0.717, 1.165) is 82.3 Å². The molecule has 0 amide bonds. The van der Waals surface area contributed by atoms with Gasteiger partial charge in [-0.2, -0.15) is 0 Å². The first-order valence-electron chi connectivity index (χ1n) is 22.7. The van der Waals surface area contributed by atoms with Gasteiger partial charge in [-0.05, 0) is 124 Å². The summed E-state index contributed by atoms with van der Waals surface area (Å²) in [5, 5.41) is 5.75. The molecule has 3 aliphatic rings. The Morgan fingerprint density at radius 1 is 0.817 bits per heavy atom. The lowest BCUT2D eigenvalue weighted by Crippen LogP contribution is -2.25. The lowest BCUT2D eigenvalue weighted by atomic mass is 9.85. The molecule has 9 heteroatoms. The highest BCUT2D eigenvalue weighted by atomic mass is 16.5. The van der Waals surface area contributed by atoms with Crippen molar-refractivity contribution in [2.24, 2.45) is 29.6 Å². The molecule has 3 aromatic heterocycles. The largest absolute Gasteiger partial charge is 0.468 e. The van der Waals surface area contributed by atoms with Gasteiger partial charge in [-0.25, -0.2) is 0 Å². The van der Waals surface area contributed by atoms with Crippen LogP contribution in [-0.4, -0.2) is 46.4 Å². The van der Waals surface area contributed by atoms with E-state index in [1.165, 1.54) is 67.0 Å². The molecule has 1 fully saturated rings. The zero-order valence-corrected chi connectivity index (χ0v) is 38.2. The summed E-state index contributed by atoms with van der Waals surface area (Å²) in [6.45, 7) is 22.1. The van der Waals surface area contributed by atoms with E-state index in [-0.39, 0.29) is 36.6 Å². The molecule has 5 atom stereocenters. The Labute approximate surface area is 357 Å². The maximum atomic E-state index is 14.4. The highest BCUT2D eigenvalue weighted by Crippen LogP contribution is 2.48. The number of ketones is 1. The third-order valence-electron chi connectivity index (χ3n) is 14.0. The van der Waals surface area contributed by atoms with Crippen molar-refractivity contribution in [1.82, 2.24) is 20.3 Å². The zero-order chi connectivity index (χ0) is 43.4. The Morgan fingerprint density at radius 2 is 1.50 bits per heavy atom. The molecule has 2 aliphatic heterocycles. The summed E-state index contributed by atoms with van der Waals surface area (Å²) in [7, 11) is 1.33. The van der Waals surface area contributed by atoms with Gasteiger partial charge in [-0.15, -0.1) is 0 Å². The Hall–Kier alpha value is -4.79. The van der Waals surface area contributed by atoms with Gasteiger partial charge in [0.05, 0.1) is 12.8 Å². The molecular formula is C51H70N4O5. The third-order valence-corrected chi connectivity index (χ3v) is 14.0. The molecule has 9 nitrogen and oxygen atoms in total. The molecule has 1 saturated heterocycles. The number of carbonyl (C=O) groups excluding carboxylic acids is 3. The number of nitrogens with one attached hydrogen (secondary N) is 4. The summed E-state index contributed by atoms with van der Waals surface area (Å²) in [5.41, 5.74) is 13.2. The monoisotopic (exact) mass is 819 g/mol. The summed E-state index contributed by atoms with van der Waals surface area (Å²) < 4.78 is 11.1. The van der Waals surface area contributed by atoms with Crippen LogP contribution in [0.15, 0.2) is 23.0 Å². The quantitative estimate of drug-likeness (QED) is 0.0611. The van der Waals surface area contributed by atoms with Crippen molar-refractivity contribution in [3.8, 4) is 0 Å². The summed E-state index contributed by atoms with van der Waals surface area (Å²) >= 11 is 0. The minimum atomic E-state index is -1.13. The van der Waals surface area contributed by atoms with Crippen molar-refractivity contribution >= 4 is 41.5 Å². The third kappa shape index (κ3) is 9.11. The fourth-order valence-corrected chi connectivity index (χ4v) is 9.84. The van der Waals surface area contributed by atoms with Crippen molar-refractivity contribution in [3.63, 3.8) is 0 Å². The number of methoxy groups -OCH3 is 1. The molecule has 0 spiro atoms. The predicted octanol–water partition coefficient (Wildman–Crippen LogP) is 9.58. The van der Waals surface area contributed by atoms with Crippen LogP contribution in [0.1, 0.15) is 167 Å². The summed E-state index contributed by atoms with van der Waals surface area (Å²) in [5.74, 6) is -0.977. The van der Waals surface area contributed by atoms with Gasteiger partial charge < -0.3 is 29.7 Å². The molecule has 3 aromatic rings. The van der Waals surface area contributed by atoms with E-state index >= 15 is 0 Å². The van der Waals surface area contributed by atoms with Gasteiger partial charge in [0, 0.05) is 68.6 Å². The summed E-state index contributed by atoms with van der Waals surface area (Å²) in [6, 6.07) is 0. The Kier molecular flexibility index (Phi) is 14.4. The van der Waals surface area contributed by atoms with Crippen molar-refractivity contribution in [3.05, 3.63) is 89.9 Å². The highest BCUT2D eigenvalue weighted by Gasteiger charge is 2.48. The van der Waals surface area contributed by atoms with E-state index in [4.69, 9.17) is 9.47 Å². The average molecular weight is 819 g/mol. The number of hydrogen-bond acceptors (Lipinski definition) is 6. The summed E-state index contributed by atoms with van der Waals surface area (Å²) in [4.78, 5) is 52.4. The number of aromatic nitrogens is 3. The molecule has 6 rings (SSSR count). The molecular weight excluding hydrogens is 749 g/mol.